The number of benzene rings is 1. The van der Waals surface area contributed by atoms with E-state index in [9.17, 15) is 0 Å². The Morgan fingerprint density at radius 1 is 1.12 bits per heavy atom. The van der Waals surface area contributed by atoms with Crippen molar-refractivity contribution in [2.45, 2.75) is 0 Å². The summed E-state index contributed by atoms with van der Waals surface area (Å²) in [6.45, 7) is 0. The largest absolute Gasteiger partial charge is 1.00 e. The summed E-state index contributed by atoms with van der Waals surface area (Å²) in [6, 6.07) is 4.80. The van der Waals surface area contributed by atoms with Crippen molar-refractivity contribution in [3.63, 3.8) is 0 Å². The van der Waals surface area contributed by atoms with Gasteiger partial charge in [0.05, 0.1) is 10.7 Å². The van der Waals surface area contributed by atoms with Crippen LogP contribution in [0, 0.1) is 0 Å². The molecule has 6 N–H and O–H groups in total. The number of hydrogen-bond donors (Lipinski definition) is 3. The summed E-state index contributed by atoms with van der Waals surface area (Å²) in [6.07, 6.45) is 0. The Kier molecular flexibility index (Phi) is 5.95. The van der Waals surface area contributed by atoms with Crippen molar-refractivity contribution in [2.75, 3.05) is 0 Å². The second-order valence-corrected chi connectivity index (χ2v) is 3.45. The van der Waals surface area contributed by atoms with E-state index in [2.05, 4.69) is 9.98 Å². The van der Waals surface area contributed by atoms with E-state index in [4.69, 9.17) is 40.4 Å². The molecule has 1 aromatic rings. The predicted octanol–water partition coefficient (Wildman–Crippen LogP) is -1.78. The predicted molar refractivity (Wildman–Crippen MR) is 63.6 cm³/mol. The van der Waals surface area contributed by atoms with E-state index in [-0.39, 0.29) is 24.3 Å². The highest BCUT2D eigenvalue weighted by molar-refractivity contribution is 6.35. The number of guanidine groups is 2. The Bertz CT molecular complexity index is 426. The molecular weight excluding hydrogens is 272 g/mol. The van der Waals surface area contributed by atoms with Crippen molar-refractivity contribution in [2.24, 2.45) is 27.2 Å². The van der Waals surface area contributed by atoms with E-state index in [1.165, 1.54) is 0 Å². The van der Waals surface area contributed by atoms with Crippen molar-refractivity contribution < 1.29 is 12.4 Å². The van der Waals surface area contributed by atoms with Gasteiger partial charge in [0.1, 0.15) is 0 Å². The minimum Gasteiger partial charge on any atom is -1.00 e. The van der Waals surface area contributed by atoms with Crippen LogP contribution in [-0.2, 0) is 0 Å². The molecule has 0 aromatic heterocycles. The average Bonchev–Trinajstić information content (AvgIpc) is 2.10. The van der Waals surface area contributed by atoms with Crippen LogP contribution in [0.2, 0.25) is 10.0 Å². The molecule has 0 saturated heterocycles. The van der Waals surface area contributed by atoms with Crippen LogP contribution >= 0.6 is 23.2 Å². The molecule has 1 aromatic carbocycles. The molecule has 88 valence electrons. The molecule has 0 saturated carbocycles. The second kappa shape index (κ2) is 6.42. The maximum atomic E-state index is 5.84. The summed E-state index contributed by atoms with van der Waals surface area (Å²) in [5.74, 6) is -0.256. The van der Waals surface area contributed by atoms with Gasteiger partial charge in [-0.05, 0) is 18.2 Å². The minimum absolute atomic E-state index is 0. The fraction of sp³-hybridized carbons (Fsp3) is 0. The highest BCUT2D eigenvalue weighted by atomic mass is 35.5. The van der Waals surface area contributed by atoms with Crippen molar-refractivity contribution >= 4 is 40.8 Å². The maximum absolute atomic E-state index is 5.84. The van der Waals surface area contributed by atoms with Gasteiger partial charge in [-0.1, -0.05) is 23.2 Å². The van der Waals surface area contributed by atoms with Crippen molar-refractivity contribution in [3.05, 3.63) is 28.2 Å². The molecule has 0 bridgehead atoms. The Hall–Kier alpha value is -1.17. The first-order valence-electron chi connectivity index (χ1n) is 3.88. The molecule has 16 heavy (non-hydrogen) atoms. The lowest BCUT2D eigenvalue weighted by Crippen LogP contribution is -3.00. The van der Waals surface area contributed by atoms with Crippen LogP contribution in [0.25, 0.3) is 0 Å². The Labute approximate surface area is 109 Å². The van der Waals surface area contributed by atoms with Gasteiger partial charge in [0.25, 0.3) is 0 Å². The molecule has 0 heterocycles. The zero-order valence-corrected chi connectivity index (χ0v) is 10.3. The summed E-state index contributed by atoms with van der Waals surface area (Å²) >= 11 is 11.6. The number of rotatable bonds is 1. The lowest BCUT2D eigenvalue weighted by molar-refractivity contribution is -0.00000346. The molecule has 0 radical (unpaired) electrons. The van der Waals surface area contributed by atoms with Gasteiger partial charge in [-0.3, -0.25) is 0 Å². The van der Waals surface area contributed by atoms with Gasteiger partial charge in [-0.2, -0.15) is 4.99 Å². The van der Waals surface area contributed by atoms with Crippen LogP contribution in [0.4, 0.5) is 5.69 Å². The summed E-state index contributed by atoms with van der Waals surface area (Å²) in [5.41, 5.74) is 16.1. The number of halogens is 3. The quantitative estimate of drug-likeness (QED) is 0.419. The Balaban J connectivity index is 0.00000225. The highest BCUT2D eigenvalue weighted by Gasteiger charge is 2.00. The van der Waals surface area contributed by atoms with Crippen LogP contribution in [0.1, 0.15) is 0 Å². The van der Waals surface area contributed by atoms with E-state index < -0.39 is 0 Å². The molecule has 0 atom stereocenters. The van der Waals surface area contributed by atoms with Gasteiger partial charge in [-0.15, -0.1) is 0 Å². The summed E-state index contributed by atoms with van der Waals surface area (Å²) in [7, 11) is 0. The summed E-state index contributed by atoms with van der Waals surface area (Å²) < 4.78 is 0. The SMILES string of the molecule is NC(N)=NC(N)=Nc1cc(Cl)ccc1Cl.[Cl-]. The zero-order chi connectivity index (χ0) is 11.4. The van der Waals surface area contributed by atoms with Crippen molar-refractivity contribution in [1.29, 1.82) is 0 Å². The Morgan fingerprint density at radius 3 is 2.31 bits per heavy atom. The van der Waals surface area contributed by atoms with Crippen molar-refractivity contribution in [1.82, 2.24) is 0 Å². The highest BCUT2D eigenvalue weighted by Crippen LogP contribution is 2.27. The van der Waals surface area contributed by atoms with Crippen molar-refractivity contribution in [3.8, 4) is 0 Å². The van der Waals surface area contributed by atoms with Crippen LogP contribution in [0.5, 0.6) is 0 Å². The molecule has 0 fully saturated rings. The third-order valence-corrected chi connectivity index (χ3v) is 1.94. The van der Waals surface area contributed by atoms with E-state index in [1.807, 2.05) is 0 Å². The monoisotopic (exact) mass is 280 g/mol. The van der Waals surface area contributed by atoms with Gasteiger partial charge in [0.15, 0.2) is 5.96 Å². The average molecular weight is 282 g/mol. The van der Waals surface area contributed by atoms with E-state index in [1.54, 1.807) is 18.2 Å². The first-order valence-corrected chi connectivity index (χ1v) is 4.63. The Morgan fingerprint density at radius 2 is 1.75 bits per heavy atom. The molecule has 5 nitrogen and oxygen atoms in total. The molecule has 1 rings (SSSR count). The molecule has 0 amide bonds. The van der Waals surface area contributed by atoms with Gasteiger partial charge >= 0.3 is 0 Å². The van der Waals surface area contributed by atoms with Gasteiger partial charge < -0.3 is 29.6 Å². The maximum Gasteiger partial charge on any atom is 0.223 e. The van der Waals surface area contributed by atoms with E-state index in [0.29, 0.717) is 15.7 Å². The lowest BCUT2D eigenvalue weighted by Gasteiger charge is -1.99. The fourth-order valence-corrected chi connectivity index (χ4v) is 1.18. The first kappa shape index (κ1) is 14.8. The summed E-state index contributed by atoms with van der Waals surface area (Å²) in [4.78, 5) is 7.43. The topological polar surface area (TPSA) is 103 Å². The number of nitrogens with zero attached hydrogens (tertiary/aromatic N) is 2. The molecule has 8 heteroatoms. The van der Waals surface area contributed by atoms with Gasteiger partial charge in [-0.25, -0.2) is 4.99 Å². The molecule has 0 spiro atoms. The normalized spacial score (nSPS) is 10.5. The third kappa shape index (κ3) is 4.57. The van der Waals surface area contributed by atoms with Crippen LogP contribution in [0.15, 0.2) is 28.2 Å². The number of hydrogen-bond acceptors (Lipinski definition) is 1. The van der Waals surface area contributed by atoms with Crippen LogP contribution < -0.4 is 29.6 Å². The van der Waals surface area contributed by atoms with Crippen LogP contribution in [-0.4, -0.2) is 11.9 Å². The summed E-state index contributed by atoms with van der Waals surface area (Å²) in [5, 5.41) is 0.906. The van der Waals surface area contributed by atoms with Crippen LogP contribution in [0.3, 0.4) is 0 Å². The molecule has 0 aliphatic carbocycles. The minimum atomic E-state index is -0.172. The third-order valence-electron chi connectivity index (χ3n) is 1.39. The molecule has 0 unspecified atom stereocenters. The van der Waals surface area contributed by atoms with E-state index in [0.717, 1.165) is 0 Å². The van der Waals surface area contributed by atoms with Gasteiger partial charge in [0, 0.05) is 5.02 Å². The van der Waals surface area contributed by atoms with Gasteiger partial charge in [0.2, 0.25) is 5.96 Å². The smallest absolute Gasteiger partial charge is 0.223 e. The first-order chi connectivity index (χ1) is 6.99. The fourth-order valence-electron chi connectivity index (χ4n) is 0.852. The zero-order valence-electron chi connectivity index (χ0n) is 7.99. The number of aliphatic imine (C=N–C) groups is 2. The standard InChI is InChI=1S/C8H9Cl2N5.ClH/c9-4-1-2-5(10)6(3-4)14-8(13)15-7(11)12;/h1-3H,(H6,11,12,13,14,15);1H/p-1. The molecule has 0 aliphatic rings. The molecule has 0 aliphatic heterocycles. The lowest BCUT2D eigenvalue weighted by atomic mass is 10.3. The molecular formula is C8H9Cl3N5-. The van der Waals surface area contributed by atoms with E-state index >= 15 is 0 Å². The number of nitrogens with two attached hydrogens (primary N) is 3. The second-order valence-electron chi connectivity index (χ2n) is 2.60.